The number of aromatic nitrogens is 2. The molecule has 0 amide bonds. The topological polar surface area (TPSA) is 43.8 Å². The maximum atomic E-state index is 6.08. The second-order valence-electron chi connectivity index (χ2n) is 4.43. The first-order valence-electron chi connectivity index (χ1n) is 6.37. The zero-order chi connectivity index (χ0) is 13.9. The van der Waals surface area contributed by atoms with Crippen molar-refractivity contribution < 1.29 is 0 Å². The Kier molecular flexibility index (Phi) is 3.87. The quantitative estimate of drug-likeness (QED) is 0.797. The molecule has 2 aromatic heterocycles. The highest BCUT2D eigenvalue weighted by molar-refractivity contribution is 7.13. The normalized spacial score (nSPS) is 10.9. The molecule has 0 saturated heterocycles. The van der Waals surface area contributed by atoms with E-state index in [1.165, 1.54) is 4.88 Å². The van der Waals surface area contributed by atoms with E-state index in [4.69, 9.17) is 17.3 Å². The molecule has 0 aliphatic carbocycles. The second-order valence-corrected chi connectivity index (χ2v) is 5.81. The van der Waals surface area contributed by atoms with Crippen molar-refractivity contribution in [3.8, 4) is 16.3 Å². The maximum absolute atomic E-state index is 6.08. The maximum Gasteiger partial charge on any atom is 0.0843 e. The van der Waals surface area contributed by atoms with Crippen molar-refractivity contribution >= 4 is 22.9 Å². The number of halogens is 1. The number of hydrogen-bond acceptors (Lipinski definition) is 3. The number of nitrogens with zero attached hydrogens (tertiary/aromatic N) is 2. The fourth-order valence-corrected chi connectivity index (χ4v) is 3.02. The Labute approximate surface area is 126 Å². The van der Waals surface area contributed by atoms with Crippen molar-refractivity contribution in [3.05, 3.63) is 58.6 Å². The fraction of sp³-hybridized carbons (Fsp3) is 0.133. The Hall–Kier alpha value is -1.62. The lowest BCUT2D eigenvalue weighted by Gasteiger charge is -2.06. The Morgan fingerprint density at radius 1 is 1.20 bits per heavy atom. The molecule has 5 heteroatoms. The largest absolute Gasteiger partial charge is 0.330 e. The molecule has 0 spiro atoms. The number of hydrogen-bond donors (Lipinski definition) is 1. The summed E-state index contributed by atoms with van der Waals surface area (Å²) in [7, 11) is 0. The fourth-order valence-electron chi connectivity index (χ4n) is 2.10. The molecular formula is C15H14ClN3S. The van der Waals surface area contributed by atoms with Crippen LogP contribution in [0.1, 0.15) is 5.69 Å². The third kappa shape index (κ3) is 2.63. The van der Waals surface area contributed by atoms with Crippen LogP contribution in [0.15, 0.2) is 47.8 Å². The van der Waals surface area contributed by atoms with Gasteiger partial charge in [-0.3, -0.25) is 0 Å². The van der Waals surface area contributed by atoms with Crippen LogP contribution in [0.2, 0.25) is 5.02 Å². The first-order chi connectivity index (χ1) is 9.78. The zero-order valence-electron chi connectivity index (χ0n) is 10.8. The van der Waals surface area contributed by atoms with E-state index < -0.39 is 0 Å². The molecule has 3 aromatic rings. The first-order valence-corrected chi connectivity index (χ1v) is 7.62. The molecular weight excluding hydrogens is 290 g/mol. The number of thiophene rings is 1. The van der Waals surface area contributed by atoms with E-state index >= 15 is 0 Å². The highest BCUT2D eigenvalue weighted by Gasteiger charge is 2.12. The highest BCUT2D eigenvalue weighted by atomic mass is 35.5. The van der Waals surface area contributed by atoms with Gasteiger partial charge in [-0.1, -0.05) is 23.7 Å². The molecule has 0 unspecified atom stereocenters. The molecule has 2 heterocycles. The summed E-state index contributed by atoms with van der Waals surface area (Å²) < 4.78 is 1.93. The van der Waals surface area contributed by atoms with Crippen LogP contribution in [0.3, 0.4) is 0 Å². The van der Waals surface area contributed by atoms with Crippen LogP contribution in [0, 0.1) is 0 Å². The summed E-state index contributed by atoms with van der Waals surface area (Å²) in [5.41, 5.74) is 8.67. The van der Waals surface area contributed by atoms with Crippen molar-refractivity contribution in [3.63, 3.8) is 0 Å². The summed E-state index contributed by atoms with van der Waals surface area (Å²) in [6.45, 7) is 0.594. The molecule has 0 aliphatic rings. The molecule has 102 valence electrons. The lowest BCUT2D eigenvalue weighted by molar-refractivity contribution is 0.826. The van der Waals surface area contributed by atoms with Crippen molar-refractivity contribution in [2.45, 2.75) is 6.42 Å². The molecule has 0 bridgehead atoms. The van der Waals surface area contributed by atoms with Gasteiger partial charge in [-0.15, -0.1) is 11.3 Å². The van der Waals surface area contributed by atoms with Crippen LogP contribution in [0.4, 0.5) is 0 Å². The molecule has 0 fully saturated rings. The SMILES string of the molecule is NCCc1cc(-c2cccs2)n(-c2cccc(Cl)c2)n1. The van der Waals surface area contributed by atoms with Crippen LogP contribution in [-0.2, 0) is 6.42 Å². The van der Waals surface area contributed by atoms with Crippen molar-refractivity contribution in [2.24, 2.45) is 5.73 Å². The van der Waals surface area contributed by atoms with Gasteiger partial charge in [0.05, 0.1) is 22.0 Å². The van der Waals surface area contributed by atoms with Crippen LogP contribution in [-0.4, -0.2) is 16.3 Å². The van der Waals surface area contributed by atoms with Crippen LogP contribution >= 0.6 is 22.9 Å². The second kappa shape index (κ2) is 5.79. The lowest BCUT2D eigenvalue weighted by atomic mass is 10.2. The molecule has 1 aromatic carbocycles. The summed E-state index contributed by atoms with van der Waals surface area (Å²) in [6.07, 6.45) is 0.770. The Balaban J connectivity index is 2.13. The number of benzene rings is 1. The highest BCUT2D eigenvalue weighted by Crippen LogP contribution is 2.28. The van der Waals surface area contributed by atoms with Gasteiger partial charge in [0.15, 0.2) is 0 Å². The van der Waals surface area contributed by atoms with Crippen molar-refractivity contribution in [2.75, 3.05) is 6.54 Å². The smallest absolute Gasteiger partial charge is 0.0843 e. The van der Waals surface area contributed by atoms with Gasteiger partial charge in [0, 0.05) is 11.4 Å². The molecule has 3 rings (SSSR count). The van der Waals surface area contributed by atoms with Gasteiger partial charge in [-0.2, -0.15) is 5.10 Å². The Morgan fingerprint density at radius 3 is 2.80 bits per heavy atom. The minimum absolute atomic E-state index is 0.594. The summed E-state index contributed by atoms with van der Waals surface area (Å²) in [5.74, 6) is 0. The van der Waals surface area contributed by atoms with Crippen molar-refractivity contribution in [1.82, 2.24) is 9.78 Å². The molecule has 0 radical (unpaired) electrons. The monoisotopic (exact) mass is 303 g/mol. The van der Waals surface area contributed by atoms with Crippen LogP contribution in [0.25, 0.3) is 16.3 Å². The van der Waals surface area contributed by atoms with Gasteiger partial charge in [-0.25, -0.2) is 4.68 Å². The van der Waals surface area contributed by atoms with E-state index in [-0.39, 0.29) is 0 Å². The van der Waals surface area contributed by atoms with Crippen molar-refractivity contribution in [1.29, 1.82) is 0 Å². The zero-order valence-corrected chi connectivity index (χ0v) is 12.4. The molecule has 2 N–H and O–H groups in total. The predicted octanol–water partition coefficient (Wildman–Crippen LogP) is 3.76. The lowest BCUT2D eigenvalue weighted by Crippen LogP contribution is -2.04. The van der Waals surface area contributed by atoms with E-state index in [9.17, 15) is 0 Å². The van der Waals surface area contributed by atoms with E-state index in [1.54, 1.807) is 11.3 Å². The van der Waals surface area contributed by atoms with Gasteiger partial charge in [0.25, 0.3) is 0 Å². The molecule has 0 saturated carbocycles. The molecule has 0 aliphatic heterocycles. The summed E-state index contributed by atoms with van der Waals surface area (Å²) >= 11 is 7.78. The summed E-state index contributed by atoms with van der Waals surface area (Å²) in [5, 5.41) is 7.42. The average molecular weight is 304 g/mol. The third-order valence-electron chi connectivity index (χ3n) is 2.99. The van der Waals surface area contributed by atoms with Crippen LogP contribution in [0.5, 0.6) is 0 Å². The summed E-state index contributed by atoms with van der Waals surface area (Å²) in [6, 6.07) is 13.9. The minimum Gasteiger partial charge on any atom is -0.330 e. The molecule has 3 nitrogen and oxygen atoms in total. The molecule has 0 atom stereocenters. The van der Waals surface area contributed by atoms with E-state index in [0.29, 0.717) is 11.6 Å². The van der Waals surface area contributed by atoms with Gasteiger partial charge in [0.1, 0.15) is 0 Å². The minimum atomic E-state index is 0.594. The van der Waals surface area contributed by atoms with Gasteiger partial charge in [0.2, 0.25) is 0 Å². The standard InChI is InChI=1S/C15H14ClN3S/c16-11-3-1-4-13(9-11)19-14(15-5-2-8-20-15)10-12(18-19)6-7-17/h1-5,8-10H,6-7,17H2. The molecule has 20 heavy (non-hydrogen) atoms. The van der Waals surface area contributed by atoms with Gasteiger partial charge < -0.3 is 5.73 Å². The first kappa shape index (κ1) is 13.4. The average Bonchev–Trinajstić information content (AvgIpc) is 3.07. The summed E-state index contributed by atoms with van der Waals surface area (Å²) in [4.78, 5) is 1.18. The predicted molar refractivity (Wildman–Crippen MR) is 84.6 cm³/mol. The Bertz CT molecular complexity index is 704. The van der Waals surface area contributed by atoms with Gasteiger partial charge >= 0.3 is 0 Å². The number of nitrogens with two attached hydrogens (primary N) is 1. The van der Waals surface area contributed by atoms with Gasteiger partial charge in [-0.05, 0) is 42.3 Å². The third-order valence-corrected chi connectivity index (χ3v) is 4.11. The number of rotatable bonds is 4. The Morgan fingerprint density at radius 2 is 2.10 bits per heavy atom. The van der Waals surface area contributed by atoms with E-state index in [1.807, 2.05) is 35.0 Å². The van der Waals surface area contributed by atoms with Crippen LogP contribution < -0.4 is 5.73 Å². The van der Waals surface area contributed by atoms with E-state index in [0.717, 1.165) is 23.5 Å². The van der Waals surface area contributed by atoms with E-state index in [2.05, 4.69) is 22.6 Å².